The molecule has 0 heterocycles. The van der Waals surface area contributed by atoms with Crippen LogP contribution in [0.4, 0.5) is 5.69 Å². The first kappa shape index (κ1) is 23.2. The number of nitrogens with one attached hydrogen (secondary N) is 2. The zero-order valence-corrected chi connectivity index (χ0v) is 18.2. The van der Waals surface area contributed by atoms with Crippen molar-refractivity contribution in [1.29, 1.82) is 0 Å². The molecule has 8 nitrogen and oxygen atoms in total. The standard InChI is InChI=1S/C25H23N3O5/c1-3-32-21-14-8-19(9-15-21)25(31)33-22-12-6-18(7-13-22)16-26-28-24(30)23(29)27-20-10-4-17(2)5-11-20/h4-16H,3H2,1-2H3,(H,27,29)(H,28,30)/b26-16+. The molecule has 0 atom stereocenters. The van der Waals surface area contributed by atoms with Gasteiger partial charge in [-0.2, -0.15) is 5.10 Å². The van der Waals surface area contributed by atoms with Crippen LogP contribution >= 0.6 is 0 Å². The first-order chi connectivity index (χ1) is 15.9. The number of ether oxygens (including phenoxy) is 2. The van der Waals surface area contributed by atoms with Gasteiger partial charge in [0.2, 0.25) is 0 Å². The van der Waals surface area contributed by atoms with Crippen molar-refractivity contribution in [3.05, 3.63) is 89.5 Å². The molecule has 2 N–H and O–H groups in total. The van der Waals surface area contributed by atoms with Crippen LogP contribution in [0.5, 0.6) is 11.5 Å². The molecule has 0 fully saturated rings. The van der Waals surface area contributed by atoms with E-state index in [2.05, 4.69) is 15.8 Å². The molecule has 0 bridgehead atoms. The first-order valence-electron chi connectivity index (χ1n) is 10.2. The van der Waals surface area contributed by atoms with Crippen LogP contribution in [0.1, 0.15) is 28.4 Å². The number of carbonyl (C=O) groups excluding carboxylic acids is 3. The molecule has 3 aromatic rings. The molecule has 0 unspecified atom stereocenters. The summed E-state index contributed by atoms with van der Waals surface area (Å²) in [5.74, 6) is -1.18. The van der Waals surface area contributed by atoms with Gasteiger partial charge in [-0.05, 0) is 80.1 Å². The summed E-state index contributed by atoms with van der Waals surface area (Å²) in [6.45, 7) is 4.35. The third-order valence-electron chi connectivity index (χ3n) is 4.39. The molecule has 0 aliphatic carbocycles. The number of aryl methyl sites for hydroxylation is 1. The maximum absolute atomic E-state index is 12.3. The van der Waals surface area contributed by atoms with E-state index in [0.29, 0.717) is 34.9 Å². The van der Waals surface area contributed by atoms with E-state index in [1.807, 2.05) is 26.0 Å². The fourth-order valence-electron chi connectivity index (χ4n) is 2.68. The fraction of sp³-hybridized carbons (Fsp3) is 0.120. The second-order valence-electron chi connectivity index (χ2n) is 6.94. The molecule has 0 aromatic heterocycles. The molecule has 0 saturated heterocycles. The summed E-state index contributed by atoms with van der Waals surface area (Å²) in [4.78, 5) is 36.0. The van der Waals surface area contributed by atoms with Gasteiger partial charge in [0.1, 0.15) is 11.5 Å². The minimum absolute atomic E-state index is 0.354. The van der Waals surface area contributed by atoms with Crippen LogP contribution < -0.4 is 20.2 Å². The number of benzene rings is 3. The zero-order valence-electron chi connectivity index (χ0n) is 18.2. The third kappa shape index (κ3) is 7.03. The summed E-state index contributed by atoms with van der Waals surface area (Å²) >= 11 is 0. The fourth-order valence-corrected chi connectivity index (χ4v) is 2.68. The van der Waals surface area contributed by atoms with Crippen LogP contribution in [-0.4, -0.2) is 30.6 Å². The molecule has 33 heavy (non-hydrogen) atoms. The van der Waals surface area contributed by atoms with Gasteiger partial charge in [-0.15, -0.1) is 0 Å². The molecular weight excluding hydrogens is 422 g/mol. The van der Waals surface area contributed by atoms with Gasteiger partial charge in [0.25, 0.3) is 0 Å². The van der Waals surface area contributed by atoms with Gasteiger partial charge in [-0.25, -0.2) is 10.2 Å². The summed E-state index contributed by atoms with van der Waals surface area (Å²) < 4.78 is 10.7. The Balaban J connectivity index is 1.49. The van der Waals surface area contributed by atoms with E-state index in [-0.39, 0.29) is 0 Å². The van der Waals surface area contributed by atoms with Gasteiger partial charge in [0.05, 0.1) is 18.4 Å². The Hall–Kier alpha value is -4.46. The van der Waals surface area contributed by atoms with Crippen LogP contribution in [0.25, 0.3) is 0 Å². The van der Waals surface area contributed by atoms with Crippen molar-refractivity contribution in [2.24, 2.45) is 5.10 Å². The smallest absolute Gasteiger partial charge is 0.343 e. The number of hydrogen-bond acceptors (Lipinski definition) is 6. The van der Waals surface area contributed by atoms with E-state index in [1.165, 1.54) is 6.21 Å². The van der Waals surface area contributed by atoms with E-state index < -0.39 is 17.8 Å². The molecule has 0 radical (unpaired) electrons. The quantitative estimate of drug-likeness (QED) is 0.190. The van der Waals surface area contributed by atoms with Crippen molar-refractivity contribution in [3.63, 3.8) is 0 Å². The average Bonchev–Trinajstić information content (AvgIpc) is 2.82. The molecule has 2 amide bonds. The number of nitrogens with zero attached hydrogens (tertiary/aromatic N) is 1. The SMILES string of the molecule is CCOc1ccc(C(=O)Oc2ccc(/C=N/NC(=O)C(=O)Nc3ccc(C)cc3)cc2)cc1. The van der Waals surface area contributed by atoms with Crippen LogP contribution in [0.15, 0.2) is 77.9 Å². The molecule has 3 aromatic carbocycles. The lowest BCUT2D eigenvalue weighted by atomic mass is 10.2. The van der Waals surface area contributed by atoms with Crippen molar-refractivity contribution in [2.45, 2.75) is 13.8 Å². The van der Waals surface area contributed by atoms with Gasteiger partial charge >= 0.3 is 17.8 Å². The van der Waals surface area contributed by atoms with Crippen molar-refractivity contribution in [3.8, 4) is 11.5 Å². The summed E-state index contributed by atoms with van der Waals surface area (Å²) in [7, 11) is 0. The molecule has 0 spiro atoms. The Kier molecular flexibility index (Phi) is 7.91. The van der Waals surface area contributed by atoms with Crippen LogP contribution in [0.3, 0.4) is 0 Å². The predicted molar refractivity (Wildman–Crippen MR) is 125 cm³/mol. The number of hydrazone groups is 1. The second-order valence-corrected chi connectivity index (χ2v) is 6.94. The average molecular weight is 445 g/mol. The van der Waals surface area contributed by atoms with Crippen molar-refractivity contribution in [1.82, 2.24) is 5.43 Å². The van der Waals surface area contributed by atoms with Crippen LogP contribution in [-0.2, 0) is 9.59 Å². The normalized spacial score (nSPS) is 10.5. The monoisotopic (exact) mass is 445 g/mol. The lowest BCUT2D eigenvalue weighted by molar-refractivity contribution is -0.136. The first-order valence-corrected chi connectivity index (χ1v) is 10.2. The minimum Gasteiger partial charge on any atom is -0.494 e. The number of anilines is 1. The lowest BCUT2D eigenvalue weighted by Crippen LogP contribution is -2.32. The molecule has 168 valence electrons. The Labute approximate surface area is 191 Å². The number of carbonyl (C=O) groups is 3. The van der Waals surface area contributed by atoms with E-state index in [9.17, 15) is 14.4 Å². The summed E-state index contributed by atoms with van der Waals surface area (Å²) in [6.07, 6.45) is 1.37. The highest BCUT2D eigenvalue weighted by atomic mass is 16.5. The third-order valence-corrected chi connectivity index (χ3v) is 4.39. The maximum Gasteiger partial charge on any atom is 0.343 e. The molecule has 0 saturated carbocycles. The number of hydrogen-bond donors (Lipinski definition) is 2. The van der Waals surface area contributed by atoms with Crippen molar-refractivity contribution < 1.29 is 23.9 Å². The molecule has 0 aliphatic rings. The Morgan fingerprint density at radius 3 is 2.12 bits per heavy atom. The number of rotatable bonds is 7. The topological polar surface area (TPSA) is 106 Å². The molecule has 8 heteroatoms. The highest BCUT2D eigenvalue weighted by Crippen LogP contribution is 2.16. The van der Waals surface area contributed by atoms with Crippen LogP contribution in [0, 0.1) is 6.92 Å². The zero-order chi connectivity index (χ0) is 23.6. The summed E-state index contributed by atoms with van der Waals surface area (Å²) in [6, 6.07) is 20.2. The Morgan fingerprint density at radius 1 is 0.848 bits per heavy atom. The molecule has 0 aliphatic heterocycles. The number of esters is 1. The molecule has 3 rings (SSSR count). The van der Waals surface area contributed by atoms with Gasteiger partial charge in [-0.3, -0.25) is 9.59 Å². The maximum atomic E-state index is 12.3. The lowest BCUT2D eigenvalue weighted by Gasteiger charge is -2.06. The Morgan fingerprint density at radius 2 is 1.48 bits per heavy atom. The van der Waals surface area contributed by atoms with Gasteiger partial charge in [0, 0.05) is 5.69 Å². The van der Waals surface area contributed by atoms with Gasteiger partial charge < -0.3 is 14.8 Å². The molecular formula is C25H23N3O5. The van der Waals surface area contributed by atoms with E-state index in [1.54, 1.807) is 60.7 Å². The minimum atomic E-state index is -0.896. The summed E-state index contributed by atoms with van der Waals surface area (Å²) in [5.41, 5.74) is 4.76. The van der Waals surface area contributed by atoms with Crippen LogP contribution in [0.2, 0.25) is 0 Å². The highest BCUT2D eigenvalue weighted by molar-refractivity contribution is 6.39. The van der Waals surface area contributed by atoms with Crippen molar-refractivity contribution in [2.75, 3.05) is 11.9 Å². The highest BCUT2D eigenvalue weighted by Gasteiger charge is 2.12. The van der Waals surface area contributed by atoms with Gasteiger partial charge in [-0.1, -0.05) is 17.7 Å². The van der Waals surface area contributed by atoms with E-state index in [4.69, 9.17) is 9.47 Å². The van der Waals surface area contributed by atoms with Gasteiger partial charge in [0.15, 0.2) is 0 Å². The predicted octanol–water partition coefficient (Wildman–Crippen LogP) is 3.70. The Bertz CT molecular complexity index is 1140. The summed E-state index contributed by atoms with van der Waals surface area (Å²) in [5, 5.41) is 6.26. The number of amides is 2. The van der Waals surface area contributed by atoms with Crippen molar-refractivity contribution >= 4 is 29.7 Å². The second kappa shape index (κ2) is 11.2. The van der Waals surface area contributed by atoms with E-state index >= 15 is 0 Å². The largest absolute Gasteiger partial charge is 0.494 e. The van der Waals surface area contributed by atoms with E-state index in [0.717, 1.165) is 5.56 Å².